The molecule has 3 heteroatoms. The number of phenolic OH excluding ortho intramolecular Hbond substituents is 1. The van der Waals surface area contributed by atoms with Crippen molar-refractivity contribution >= 4 is 0 Å². The van der Waals surface area contributed by atoms with Gasteiger partial charge in [0.1, 0.15) is 5.75 Å². The predicted octanol–water partition coefficient (Wildman–Crippen LogP) is 2.68. The first kappa shape index (κ1) is 13.9. The van der Waals surface area contributed by atoms with Crippen molar-refractivity contribution in [2.24, 2.45) is 0 Å². The monoisotopic (exact) mass is 274 g/mol. The molecule has 1 aromatic rings. The third kappa shape index (κ3) is 2.57. The van der Waals surface area contributed by atoms with Crippen LogP contribution in [0.15, 0.2) is 12.1 Å². The molecule has 110 valence electrons. The minimum Gasteiger partial charge on any atom is -0.507 e. The Bertz CT molecular complexity index is 477. The summed E-state index contributed by atoms with van der Waals surface area (Å²) in [5.74, 6) is 0.448. The summed E-state index contributed by atoms with van der Waals surface area (Å²) in [5.41, 5.74) is 3.32. The topological polar surface area (TPSA) is 26.7 Å². The number of fused-ring (bicyclic) bond motifs is 2. The average molecular weight is 274 g/mol. The van der Waals surface area contributed by atoms with Crippen LogP contribution in [0.3, 0.4) is 0 Å². The summed E-state index contributed by atoms with van der Waals surface area (Å²) in [7, 11) is 2.29. The summed E-state index contributed by atoms with van der Waals surface area (Å²) >= 11 is 0. The molecule has 1 aromatic carbocycles. The molecule has 2 aliphatic rings. The van der Waals surface area contributed by atoms with Gasteiger partial charge in [0, 0.05) is 31.7 Å². The van der Waals surface area contributed by atoms with E-state index >= 15 is 0 Å². The molecular weight excluding hydrogens is 248 g/mol. The van der Waals surface area contributed by atoms with Gasteiger partial charge in [-0.05, 0) is 56.8 Å². The minimum atomic E-state index is 0.448. The number of nitrogens with zero attached hydrogens (tertiary/aromatic N) is 2. The lowest BCUT2D eigenvalue weighted by atomic mass is 10.0. The normalized spacial score (nSPS) is 27.8. The van der Waals surface area contributed by atoms with Crippen LogP contribution in [0.5, 0.6) is 5.75 Å². The lowest BCUT2D eigenvalue weighted by molar-refractivity contribution is 0.214. The Kier molecular flexibility index (Phi) is 3.74. The van der Waals surface area contributed by atoms with Crippen molar-refractivity contribution in [2.45, 2.75) is 51.7 Å². The van der Waals surface area contributed by atoms with E-state index in [9.17, 15) is 5.11 Å². The van der Waals surface area contributed by atoms with E-state index in [-0.39, 0.29) is 0 Å². The van der Waals surface area contributed by atoms with Crippen molar-refractivity contribution in [1.29, 1.82) is 0 Å². The van der Waals surface area contributed by atoms with Crippen LogP contribution < -0.4 is 0 Å². The maximum atomic E-state index is 9.88. The largest absolute Gasteiger partial charge is 0.507 e. The van der Waals surface area contributed by atoms with Crippen LogP contribution >= 0.6 is 0 Å². The fourth-order valence-electron chi connectivity index (χ4n) is 3.92. The average Bonchev–Trinajstić information content (AvgIpc) is 2.64. The first-order valence-electron chi connectivity index (χ1n) is 7.78. The zero-order chi connectivity index (χ0) is 14.3. The van der Waals surface area contributed by atoms with Crippen LogP contribution in [-0.4, -0.2) is 47.1 Å². The highest BCUT2D eigenvalue weighted by Gasteiger charge is 2.34. The quantitative estimate of drug-likeness (QED) is 0.898. The Balaban J connectivity index is 1.72. The maximum Gasteiger partial charge on any atom is 0.121 e. The summed E-state index contributed by atoms with van der Waals surface area (Å²) in [5, 5.41) is 9.88. The first-order valence-corrected chi connectivity index (χ1v) is 7.78. The van der Waals surface area contributed by atoms with Gasteiger partial charge in [0.15, 0.2) is 0 Å². The Morgan fingerprint density at radius 1 is 1.10 bits per heavy atom. The lowest BCUT2D eigenvalue weighted by Gasteiger charge is -2.26. The molecule has 2 aliphatic heterocycles. The number of rotatable bonds is 2. The van der Waals surface area contributed by atoms with Crippen LogP contribution in [0.4, 0.5) is 0 Å². The van der Waals surface area contributed by atoms with Crippen molar-refractivity contribution in [1.82, 2.24) is 9.80 Å². The molecule has 1 N–H and O–H groups in total. The summed E-state index contributed by atoms with van der Waals surface area (Å²) in [6, 6.07) is 5.81. The van der Waals surface area contributed by atoms with Crippen molar-refractivity contribution in [2.75, 3.05) is 20.1 Å². The first-order chi connectivity index (χ1) is 9.54. The summed E-state index contributed by atoms with van der Waals surface area (Å²) in [4.78, 5) is 5.18. The van der Waals surface area contributed by atoms with Gasteiger partial charge < -0.3 is 5.11 Å². The predicted molar refractivity (Wildman–Crippen MR) is 82.0 cm³/mol. The number of benzene rings is 1. The lowest BCUT2D eigenvalue weighted by Crippen LogP contribution is -2.36. The third-order valence-corrected chi connectivity index (χ3v) is 5.19. The molecule has 20 heavy (non-hydrogen) atoms. The van der Waals surface area contributed by atoms with Gasteiger partial charge in [-0.25, -0.2) is 0 Å². The van der Waals surface area contributed by atoms with Gasteiger partial charge in [-0.1, -0.05) is 12.1 Å². The smallest absolute Gasteiger partial charge is 0.121 e. The molecule has 2 fully saturated rings. The molecular formula is C17H26N2O. The van der Waals surface area contributed by atoms with E-state index in [2.05, 4.69) is 29.0 Å². The molecule has 2 unspecified atom stereocenters. The Morgan fingerprint density at radius 3 is 2.45 bits per heavy atom. The minimum absolute atomic E-state index is 0.448. The van der Waals surface area contributed by atoms with Gasteiger partial charge >= 0.3 is 0 Å². The van der Waals surface area contributed by atoms with Gasteiger partial charge in [0.2, 0.25) is 0 Å². The van der Waals surface area contributed by atoms with Crippen LogP contribution in [0, 0.1) is 13.8 Å². The number of likely N-dealkylation sites (tertiary alicyclic amines) is 1. The summed E-state index contributed by atoms with van der Waals surface area (Å²) < 4.78 is 0. The highest BCUT2D eigenvalue weighted by molar-refractivity contribution is 5.42. The molecule has 2 saturated heterocycles. The SMILES string of the molecule is Cc1cc(CN2CCC3CCC(C2)N3C)cc(C)c1O. The third-order valence-electron chi connectivity index (χ3n) is 5.19. The second-order valence-electron chi connectivity index (χ2n) is 6.65. The van der Waals surface area contributed by atoms with E-state index in [0.29, 0.717) is 5.75 Å². The zero-order valence-electron chi connectivity index (χ0n) is 12.9. The van der Waals surface area contributed by atoms with Gasteiger partial charge in [-0.3, -0.25) is 9.80 Å². The molecule has 3 rings (SSSR count). The molecule has 2 heterocycles. The number of hydrogen-bond acceptors (Lipinski definition) is 3. The van der Waals surface area contributed by atoms with Crippen LogP contribution in [0.25, 0.3) is 0 Å². The Labute approximate surface area is 122 Å². The van der Waals surface area contributed by atoms with Crippen molar-refractivity contribution in [3.8, 4) is 5.75 Å². The highest BCUT2D eigenvalue weighted by atomic mass is 16.3. The molecule has 0 amide bonds. The van der Waals surface area contributed by atoms with Gasteiger partial charge in [-0.15, -0.1) is 0 Å². The van der Waals surface area contributed by atoms with E-state index in [1.54, 1.807) is 0 Å². The van der Waals surface area contributed by atoms with E-state index in [0.717, 1.165) is 29.8 Å². The van der Waals surface area contributed by atoms with Gasteiger partial charge in [-0.2, -0.15) is 0 Å². The molecule has 0 aromatic heterocycles. The fraction of sp³-hybridized carbons (Fsp3) is 0.647. The Hall–Kier alpha value is -1.06. The van der Waals surface area contributed by atoms with Gasteiger partial charge in [0.25, 0.3) is 0 Å². The summed E-state index contributed by atoms with van der Waals surface area (Å²) in [6.07, 6.45) is 4.03. The highest BCUT2D eigenvalue weighted by Crippen LogP contribution is 2.30. The molecule has 0 radical (unpaired) electrons. The van der Waals surface area contributed by atoms with Gasteiger partial charge in [0.05, 0.1) is 0 Å². The molecule has 2 atom stereocenters. The van der Waals surface area contributed by atoms with Crippen molar-refractivity contribution < 1.29 is 5.11 Å². The second kappa shape index (κ2) is 5.38. The number of likely N-dealkylation sites (N-methyl/N-ethyl adjacent to an activating group) is 1. The van der Waals surface area contributed by atoms with Crippen molar-refractivity contribution in [3.05, 3.63) is 28.8 Å². The van der Waals surface area contributed by atoms with Crippen LogP contribution in [-0.2, 0) is 6.54 Å². The van der Waals surface area contributed by atoms with E-state index < -0.39 is 0 Å². The summed E-state index contributed by atoms with van der Waals surface area (Å²) in [6.45, 7) is 7.38. The number of phenols is 1. The molecule has 2 bridgehead atoms. The van der Waals surface area contributed by atoms with E-state index in [1.807, 2.05) is 13.8 Å². The molecule has 0 saturated carbocycles. The van der Waals surface area contributed by atoms with Crippen LogP contribution in [0.1, 0.15) is 36.0 Å². The zero-order valence-corrected chi connectivity index (χ0v) is 12.9. The number of aryl methyl sites for hydroxylation is 2. The maximum absolute atomic E-state index is 9.88. The molecule has 0 aliphatic carbocycles. The number of hydrogen-bond donors (Lipinski definition) is 1. The van der Waals surface area contributed by atoms with Crippen molar-refractivity contribution in [3.63, 3.8) is 0 Å². The number of aromatic hydroxyl groups is 1. The van der Waals surface area contributed by atoms with E-state index in [4.69, 9.17) is 0 Å². The van der Waals surface area contributed by atoms with Crippen LogP contribution in [0.2, 0.25) is 0 Å². The molecule has 3 nitrogen and oxygen atoms in total. The molecule has 0 spiro atoms. The standard InChI is InChI=1S/C17H26N2O/c1-12-8-14(9-13(2)17(12)20)10-19-7-6-15-4-5-16(11-19)18(15)3/h8-9,15-16,20H,4-7,10-11H2,1-3H3. The second-order valence-corrected chi connectivity index (χ2v) is 6.65. The fourth-order valence-corrected chi connectivity index (χ4v) is 3.92. The van der Waals surface area contributed by atoms with E-state index in [1.165, 1.54) is 37.9 Å². The Morgan fingerprint density at radius 2 is 1.75 bits per heavy atom.